The lowest BCUT2D eigenvalue weighted by Gasteiger charge is -2.35. The molecule has 2 aromatic rings. The maximum Gasteiger partial charge on any atom is 0.326 e. The van der Waals surface area contributed by atoms with Crippen LogP contribution in [0.5, 0.6) is 11.6 Å². The Morgan fingerprint density at radius 3 is 2.63 bits per heavy atom. The molecule has 1 saturated carbocycles. The molecule has 1 aromatic heterocycles. The van der Waals surface area contributed by atoms with E-state index < -0.39 is 18.1 Å². The molecular weight excluding hydrogens is 470 g/mol. The number of carboxylic acids is 1. The topological polar surface area (TPSA) is 101 Å². The summed E-state index contributed by atoms with van der Waals surface area (Å²) in [4.78, 5) is 32.1. The van der Waals surface area contributed by atoms with Crippen LogP contribution < -0.4 is 14.8 Å². The van der Waals surface area contributed by atoms with Crippen LogP contribution in [-0.4, -0.2) is 53.2 Å². The maximum absolute atomic E-state index is 13.8. The Morgan fingerprint density at radius 1 is 1.17 bits per heavy atom. The molecule has 0 bridgehead atoms. The first-order valence-corrected chi connectivity index (χ1v) is 12.4. The molecule has 1 aromatic carbocycles. The number of aromatic nitrogens is 1. The van der Waals surface area contributed by atoms with Gasteiger partial charge in [-0.1, -0.05) is 30.9 Å². The minimum absolute atomic E-state index is 0.0994. The van der Waals surface area contributed by atoms with Gasteiger partial charge in [-0.25, -0.2) is 9.78 Å². The van der Waals surface area contributed by atoms with E-state index in [1.807, 2.05) is 12.1 Å². The summed E-state index contributed by atoms with van der Waals surface area (Å²) in [5.41, 5.74) is 1.54. The summed E-state index contributed by atoms with van der Waals surface area (Å²) in [6.07, 6.45) is 6.54. The molecule has 4 rings (SSSR count). The summed E-state index contributed by atoms with van der Waals surface area (Å²) in [5, 5.41) is 14.2. The van der Waals surface area contributed by atoms with Gasteiger partial charge in [-0.15, -0.1) is 0 Å². The highest BCUT2D eigenvalue weighted by Gasteiger charge is 2.50. The Balaban J connectivity index is 1.71. The first-order chi connectivity index (χ1) is 16.9. The van der Waals surface area contributed by atoms with E-state index in [-0.39, 0.29) is 24.3 Å². The molecule has 2 fully saturated rings. The minimum atomic E-state index is -1.01. The predicted octanol–water partition coefficient (Wildman–Crippen LogP) is 4.22. The number of likely N-dealkylation sites (tertiary alicyclic amines) is 1. The monoisotopic (exact) mass is 501 g/mol. The van der Waals surface area contributed by atoms with Crippen molar-refractivity contribution in [3.63, 3.8) is 0 Å². The number of aliphatic carboxylic acids is 1. The summed E-state index contributed by atoms with van der Waals surface area (Å²) in [6.45, 7) is 0.394. The van der Waals surface area contributed by atoms with E-state index in [9.17, 15) is 14.7 Å². The Morgan fingerprint density at radius 2 is 1.94 bits per heavy atom. The maximum atomic E-state index is 13.8. The van der Waals surface area contributed by atoms with Crippen LogP contribution in [0, 0.1) is 5.92 Å². The number of carbonyl (C=O) groups is 2. The van der Waals surface area contributed by atoms with E-state index in [0.717, 1.165) is 37.7 Å². The van der Waals surface area contributed by atoms with Crippen LogP contribution in [0.25, 0.3) is 0 Å². The van der Waals surface area contributed by atoms with Gasteiger partial charge in [0.15, 0.2) is 0 Å². The number of benzene rings is 1. The van der Waals surface area contributed by atoms with Crippen molar-refractivity contribution in [2.24, 2.45) is 5.92 Å². The Hall–Kier alpha value is -2.84. The van der Waals surface area contributed by atoms with Crippen LogP contribution in [-0.2, 0) is 16.1 Å². The second-order valence-electron chi connectivity index (χ2n) is 9.16. The second kappa shape index (κ2) is 11.3. The molecule has 35 heavy (non-hydrogen) atoms. The van der Waals surface area contributed by atoms with E-state index >= 15 is 0 Å². The fourth-order valence-corrected chi connectivity index (χ4v) is 5.62. The lowest BCUT2D eigenvalue weighted by Crippen LogP contribution is -2.46. The molecule has 1 saturated heterocycles. The van der Waals surface area contributed by atoms with E-state index in [1.54, 1.807) is 36.4 Å². The van der Waals surface area contributed by atoms with Gasteiger partial charge >= 0.3 is 5.97 Å². The largest absolute Gasteiger partial charge is 0.496 e. The number of halogens is 1. The lowest BCUT2D eigenvalue weighted by molar-refractivity contribution is -0.152. The van der Waals surface area contributed by atoms with Crippen molar-refractivity contribution in [1.29, 1.82) is 0 Å². The van der Waals surface area contributed by atoms with E-state index in [2.05, 4.69) is 10.3 Å². The number of pyridine rings is 1. The Bertz CT molecular complexity index is 1060. The predicted molar refractivity (Wildman–Crippen MR) is 132 cm³/mol. The van der Waals surface area contributed by atoms with E-state index in [1.165, 1.54) is 7.11 Å². The van der Waals surface area contributed by atoms with Gasteiger partial charge in [-0.05, 0) is 49.6 Å². The minimum Gasteiger partial charge on any atom is -0.496 e. The van der Waals surface area contributed by atoms with Gasteiger partial charge in [0.1, 0.15) is 11.8 Å². The summed E-state index contributed by atoms with van der Waals surface area (Å²) in [7, 11) is 3.12. The van der Waals surface area contributed by atoms with Gasteiger partial charge < -0.3 is 24.8 Å². The van der Waals surface area contributed by atoms with Crippen molar-refractivity contribution in [2.75, 3.05) is 14.2 Å². The second-order valence-corrected chi connectivity index (χ2v) is 9.60. The van der Waals surface area contributed by atoms with Crippen molar-refractivity contribution >= 4 is 23.5 Å². The molecule has 1 aliphatic heterocycles. The quantitative estimate of drug-likeness (QED) is 0.558. The Labute approximate surface area is 210 Å². The van der Waals surface area contributed by atoms with Crippen molar-refractivity contribution in [3.05, 3.63) is 52.7 Å². The highest BCUT2D eigenvalue weighted by atomic mass is 35.5. The number of ether oxygens (including phenoxy) is 2. The summed E-state index contributed by atoms with van der Waals surface area (Å²) >= 11 is 6.21. The SMILES string of the molecule is COc1ccc(Cl)cc1CNC1CC(C(=O)O)N(C(=O)C2CCCCC2)C1c1cccnc1OC. The fourth-order valence-electron chi connectivity index (χ4n) is 5.43. The number of amides is 1. The number of carbonyl (C=O) groups excluding carboxylic acids is 1. The van der Waals surface area contributed by atoms with Crippen LogP contribution >= 0.6 is 11.6 Å². The van der Waals surface area contributed by atoms with Gasteiger partial charge in [0, 0.05) is 40.9 Å². The smallest absolute Gasteiger partial charge is 0.326 e. The van der Waals surface area contributed by atoms with Crippen molar-refractivity contribution < 1.29 is 24.2 Å². The molecule has 9 heteroatoms. The van der Waals surface area contributed by atoms with Crippen LogP contribution in [0.2, 0.25) is 5.02 Å². The molecule has 1 aliphatic carbocycles. The highest BCUT2D eigenvalue weighted by Crippen LogP contribution is 2.42. The Kier molecular flexibility index (Phi) is 8.13. The third-order valence-electron chi connectivity index (χ3n) is 7.10. The van der Waals surface area contributed by atoms with E-state index in [0.29, 0.717) is 28.8 Å². The molecule has 3 unspecified atom stereocenters. The summed E-state index contributed by atoms with van der Waals surface area (Å²) in [5.74, 6) is -0.204. The zero-order valence-electron chi connectivity index (χ0n) is 20.1. The molecule has 2 aliphatic rings. The van der Waals surface area contributed by atoms with Crippen LogP contribution in [0.3, 0.4) is 0 Å². The summed E-state index contributed by atoms with van der Waals surface area (Å²) < 4.78 is 11.0. The molecule has 1 amide bonds. The molecule has 2 N–H and O–H groups in total. The molecule has 2 heterocycles. The fraction of sp³-hybridized carbons (Fsp3) is 0.500. The van der Waals surface area contributed by atoms with Crippen molar-refractivity contribution in [1.82, 2.24) is 15.2 Å². The third-order valence-corrected chi connectivity index (χ3v) is 7.33. The summed E-state index contributed by atoms with van der Waals surface area (Å²) in [6, 6.07) is 7.19. The van der Waals surface area contributed by atoms with Crippen LogP contribution in [0.4, 0.5) is 0 Å². The number of hydrogen-bond acceptors (Lipinski definition) is 6. The normalized spacial score (nSPS) is 22.7. The van der Waals surface area contributed by atoms with Gasteiger partial charge in [0.25, 0.3) is 0 Å². The van der Waals surface area contributed by atoms with E-state index in [4.69, 9.17) is 21.1 Å². The highest BCUT2D eigenvalue weighted by molar-refractivity contribution is 6.30. The molecule has 0 radical (unpaired) electrons. The third kappa shape index (κ3) is 5.38. The number of carboxylic acid groups (broad SMARTS) is 1. The number of hydrogen-bond donors (Lipinski definition) is 2. The standard InChI is InChI=1S/C26H32ClN3O5/c1-34-22-11-10-18(27)13-17(22)15-29-20-14-21(26(32)33)30(25(31)16-7-4-3-5-8-16)23(20)19-9-6-12-28-24(19)35-2/h6,9-13,16,20-21,23,29H,3-5,7-8,14-15H2,1-2H3,(H,32,33). The van der Waals surface area contributed by atoms with Crippen molar-refractivity contribution in [3.8, 4) is 11.6 Å². The average Bonchev–Trinajstić information content (AvgIpc) is 3.27. The van der Waals surface area contributed by atoms with Gasteiger partial charge in [-0.2, -0.15) is 0 Å². The van der Waals surface area contributed by atoms with Crippen LogP contribution in [0.15, 0.2) is 36.5 Å². The van der Waals surface area contributed by atoms with Gasteiger partial charge in [0.05, 0.1) is 20.3 Å². The lowest BCUT2D eigenvalue weighted by atomic mass is 9.87. The van der Waals surface area contributed by atoms with Crippen LogP contribution in [0.1, 0.15) is 55.7 Å². The zero-order valence-corrected chi connectivity index (χ0v) is 20.8. The van der Waals surface area contributed by atoms with Crippen molar-refractivity contribution in [2.45, 2.75) is 63.2 Å². The molecular formula is C26H32ClN3O5. The number of nitrogens with one attached hydrogen (secondary N) is 1. The molecule has 3 atom stereocenters. The molecule has 188 valence electrons. The molecule has 8 nitrogen and oxygen atoms in total. The number of nitrogens with zero attached hydrogens (tertiary/aromatic N) is 2. The molecule has 0 spiro atoms. The number of methoxy groups -OCH3 is 2. The number of rotatable bonds is 8. The average molecular weight is 502 g/mol. The first-order valence-electron chi connectivity index (χ1n) is 12.0. The van der Waals surface area contributed by atoms with Gasteiger partial charge in [-0.3, -0.25) is 4.79 Å². The zero-order chi connectivity index (χ0) is 24.9. The first kappa shape index (κ1) is 25.3. The van der Waals surface area contributed by atoms with Gasteiger partial charge in [0.2, 0.25) is 11.8 Å².